The minimum Gasteiger partial charge on any atom is -0.381 e. The molecule has 0 aliphatic heterocycles. The molecular weight excluding hydrogens is 445 g/mol. The number of hydrogen-bond donors (Lipinski definition) is 2. The van der Waals surface area contributed by atoms with Crippen LogP contribution in [0.2, 0.25) is 0 Å². The highest BCUT2D eigenvalue weighted by molar-refractivity contribution is 14.0. The molecule has 1 aromatic carbocycles. The van der Waals surface area contributed by atoms with Gasteiger partial charge in [0.05, 0.1) is 6.61 Å². The van der Waals surface area contributed by atoms with E-state index in [2.05, 4.69) is 46.1 Å². The Morgan fingerprint density at radius 3 is 2.32 bits per heavy atom. The Labute approximate surface area is 175 Å². The summed E-state index contributed by atoms with van der Waals surface area (Å²) in [4.78, 5) is 4.24. The molecule has 6 heteroatoms. The Morgan fingerprint density at radius 2 is 1.68 bits per heavy atom. The van der Waals surface area contributed by atoms with E-state index in [0.29, 0.717) is 0 Å². The van der Waals surface area contributed by atoms with Crippen LogP contribution in [0.5, 0.6) is 0 Å². The highest BCUT2D eigenvalue weighted by atomic mass is 127. The average Bonchev–Trinajstić information content (AvgIpc) is 2.62. The Morgan fingerprint density at radius 1 is 1.00 bits per heavy atom. The maximum absolute atomic E-state index is 5.70. The first-order chi connectivity index (χ1) is 11.9. The van der Waals surface area contributed by atoms with Crippen molar-refractivity contribution in [3.05, 3.63) is 35.9 Å². The van der Waals surface area contributed by atoms with Gasteiger partial charge in [0.25, 0.3) is 0 Å². The molecule has 0 saturated carbocycles. The van der Waals surface area contributed by atoms with Crippen LogP contribution in [-0.2, 0) is 11.2 Å². The zero-order valence-electron chi connectivity index (χ0n) is 15.6. The predicted octanol–water partition coefficient (Wildman–Crippen LogP) is 3.95. The van der Waals surface area contributed by atoms with Crippen molar-refractivity contribution >= 4 is 41.7 Å². The second kappa shape index (κ2) is 18.3. The topological polar surface area (TPSA) is 45.7 Å². The van der Waals surface area contributed by atoms with Gasteiger partial charge in [-0.1, -0.05) is 30.3 Å². The number of unbranched alkanes of at least 4 members (excludes halogenated alkanes) is 2. The van der Waals surface area contributed by atoms with E-state index in [1.54, 1.807) is 0 Å². The monoisotopic (exact) mass is 479 g/mol. The van der Waals surface area contributed by atoms with Gasteiger partial charge in [-0.3, -0.25) is 4.99 Å². The number of benzene rings is 1. The lowest BCUT2D eigenvalue weighted by atomic mass is 10.2. The summed E-state index contributed by atoms with van der Waals surface area (Å²) in [7, 11) is 1.82. The standard InChI is InChI=1S/C19H33N3OS.HI/c1-20-19(22-14-7-9-17-24-2)21-13-6-8-15-23-16-12-18-10-4-3-5-11-18;/h3-5,10-11H,6-9,12-17H2,1-2H3,(H2,20,21,22);1H. The molecule has 4 nitrogen and oxygen atoms in total. The van der Waals surface area contributed by atoms with Crippen molar-refractivity contribution in [1.29, 1.82) is 0 Å². The first-order valence-corrected chi connectivity index (χ1v) is 10.3. The van der Waals surface area contributed by atoms with Gasteiger partial charge in [-0.05, 0) is 49.7 Å². The molecule has 25 heavy (non-hydrogen) atoms. The second-order valence-corrected chi connectivity index (χ2v) is 6.67. The van der Waals surface area contributed by atoms with E-state index in [0.717, 1.165) is 51.5 Å². The van der Waals surface area contributed by atoms with Crippen LogP contribution >= 0.6 is 35.7 Å². The van der Waals surface area contributed by atoms with Crippen LogP contribution in [-0.4, -0.2) is 51.3 Å². The quantitative estimate of drug-likeness (QED) is 0.195. The molecule has 0 spiro atoms. The van der Waals surface area contributed by atoms with Crippen LogP contribution in [0.1, 0.15) is 31.2 Å². The van der Waals surface area contributed by atoms with E-state index in [9.17, 15) is 0 Å². The lowest BCUT2D eigenvalue weighted by Gasteiger charge is -2.11. The summed E-state index contributed by atoms with van der Waals surface area (Å²) in [6.07, 6.45) is 7.76. The Balaban J connectivity index is 0.00000576. The zero-order chi connectivity index (χ0) is 17.3. The molecule has 2 N–H and O–H groups in total. The third kappa shape index (κ3) is 14.4. The number of thioether (sulfide) groups is 1. The number of ether oxygens (including phenoxy) is 1. The largest absolute Gasteiger partial charge is 0.381 e. The van der Waals surface area contributed by atoms with Crippen LogP contribution in [0.4, 0.5) is 0 Å². The number of halogens is 1. The van der Waals surface area contributed by atoms with Gasteiger partial charge in [-0.2, -0.15) is 11.8 Å². The van der Waals surface area contributed by atoms with Crippen LogP contribution < -0.4 is 10.6 Å². The van der Waals surface area contributed by atoms with Gasteiger partial charge >= 0.3 is 0 Å². The first-order valence-electron chi connectivity index (χ1n) is 8.92. The highest BCUT2D eigenvalue weighted by Crippen LogP contribution is 2.00. The number of hydrogen-bond acceptors (Lipinski definition) is 3. The van der Waals surface area contributed by atoms with Crippen LogP contribution in [0.25, 0.3) is 0 Å². The van der Waals surface area contributed by atoms with Crippen molar-refractivity contribution in [2.45, 2.75) is 32.1 Å². The fourth-order valence-corrected chi connectivity index (χ4v) is 2.76. The number of aliphatic imine (C=N–C) groups is 1. The van der Waals surface area contributed by atoms with Gasteiger partial charge in [0.15, 0.2) is 5.96 Å². The molecule has 0 atom stereocenters. The second-order valence-electron chi connectivity index (χ2n) is 5.68. The van der Waals surface area contributed by atoms with Crippen LogP contribution in [0.3, 0.4) is 0 Å². The van der Waals surface area contributed by atoms with Crippen molar-refractivity contribution in [3.8, 4) is 0 Å². The number of nitrogens with one attached hydrogen (secondary N) is 2. The van der Waals surface area contributed by atoms with Crippen molar-refractivity contribution in [2.75, 3.05) is 45.4 Å². The predicted molar refractivity (Wildman–Crippen MR) is 123 cm³/mol. The summed E-state index contributed by atoms with van der Waals surface area (Å²) >= 11 is 1.90. The van der Waals surface area contributed by atoms with Crippen LogP contribution in [0.15, 0.2) is 35.3 Å². The molecular formula is C19H34IN3OS. The molecule has 1 rings (SSSR count). The fraction of sp³-hybridized carbons (Fsp3) is 0.632. The summed E-state index contributed by atoms with van der Waals surface area (Å²) in [5.74, 6) is 2.14. The summed E-state index contributed by atoms with van der Waals surface area (Å²) in [5.41, 5.74) is 1.34. The molecule has 0 aliphatic rings. The van der Waals surface area contributed by atoms with E-state index in [4.69, 9.17) is 4.74 Å². The van der Waals surface area contributed by atoms with Crippen molar-refractivity contribution in [2.24, 2.45) is 4.99 Å². The first kappa shape index (κ1) is 24.5. The highest BCUT2D eigenvalue weighted by Gasteiger charge is 1.97. The van der Waals surface area contributed by atoms with Crippen molar-refractivity contribution in [1.82, 2.24) is 10.6 Å². The van der Waals surface area contributed by atoms with Gasteiger partial charge in [0, 0.05) is 26.7 Å². The summed E-state index contributed by atoms with van der Waals surface area (Å²) in [5, 5.41) is 6.71. The molecule has 0 fully saturated rings. The van der Waals surface area contributed by atoms with E-state index in [-0.39, 0.29) is 24.0 Å². The number of rotatable bonds is 13. The number of nitrogens with zero attached hydrogens (tertiary/aromatic N) is 1. The number of guanidine groups is 1. The minimum absolute atomic E-state index is 0. The molecule has 144 valence electrons. The third-order valence-corrected chi connectivity index (χ3v) is 4.37. The van der Waals surface area contributed by atoms with E-state index in [1.807, 2.05) is 24.9 Å². The minimum atomic E-state index is 0. The summed E-state index contributed by atoms with van der Waals surface area (Å²) in [6.45, 7) is 3.56. The SMILES string of the molecule is CN=C(NCCCCOCCc1ccccc1)NCCCCSC.I. The summed E-state index contributed by atoms with van der Waals surface area (Å²) < 4.78 is 5.70. The maximum atomic E-state index is 5.70. The van der Waals surface area contributed by atoms with Gasteiger partial charge < -0.3 is 15.4 Å². The average molecular weight is 479 g/mol. The van der Waals surface area contributed by atoms with E-state index < -0.39 is 0 Å². The maximum Gasteiger partial charge on any atom is 0.190 e. The van der Waals surface area contributed by atoms with Gasteiger partial charge in [-0.15, -0.1) is 24.0 Å². The van der Waals surface area contributed by atoms with Crippen molar-refractivity contribution < 1.29 is 4.74 Å². The lowest BCUT2D eigenvalue weighted by Crippen LogP contribution is -2.38. The molecule has 1 aromatic rings. The fourth-order valence-electron chi connectivity index (χ4n) is 2.27. The molecule has 0 amide bonds. The normalized spacial score (nSPS) is 11.0. The third-order valence-electron chi connectivity index (χ3n) is 3.68. The molecule has 0 radical (unpaired) electrons. The molecule has 0 aliphatic carbocycles. The van der Waals surface area contributed by atoms with Gasteiger partial charge in [0.2, 0.25) is 0 Å². The Kier molecular flexibility index (Phi) is 18.0. The molecule has 0 saturated heterocycles. The molecule has 0 heterocycles. The molecule has 0 aromatic heterocycles. The zero-order valence-corrected chi connectivity index (χ0v) is 18.8. The van der Waals surface area contributed by atoms with Crippen molar-refractivity contribution in [3.63, 3.8) is 0 Å². The Bertz CT molecular complexity index is 432. The van der Waals surface area contributed by atoms with Crippen LogP contribution in [0, 0.1) is 0 Å². The lowest BCUT2D eigenvalue weighted by molar-refractivity contribution is 0.133. The van der Waals surface area contributed by atoms with E-state index in [1.165, 1.54) is 24.2 Å². The van der Waals surface area contributed by atoms with E-state index >= 15 is 0 Å². The smallest absolute Gasteiger partial charge is 0.190 e. The Hall–Kier alpha value is -0.470. The molecule has 0 bridgehead atoms. The van der Waals surface area contributed by atoms with Gasteiger partial charge in [-0.25, -0.2) is 0 Å². The summed E-state index contributed by atoms with van der Waals surface area (Å²) in [6, 6.07) is 10.5. The molecule has 0 unspecified atom stereocenters. The van der Waals surface area contributed by atoms with Gasteiger partial charge in [0.1, 0.15) is 0 Å².